The van der Waals surface area contributed by atoms with Gasteiger partial charge in [0.05, 0.1) is 25.0 Å². The van der Waals surface area contributed by atoms with Crippen LogP contribution in [0.25, 0.3) is 0 Å². The van der Waals surface area contributed by atoms with Crippen LogP contribution in [0.5, 0.6) is 0 Å². The molecule has 6 heteroatoms. The van der Waals surface area contributed by atoms with Crippen LogP contribution in [0.3, 0.4) is 0 Å². The summed E-state index contributed by atoms with van der Waals surface area (Å²) < 4.78 is 28.1. The van der Waals surface area contributed by atoms with Crippen molar-refractivity contribution in [1.29, 1.82) is 5.26 Å². The quantitative estimate of drug-likeness (QED) is 0.614. The Bertz CT molecular complexity index is 267. The number of alkyl halides is 2. The van der Waals surface area contributed by atoms with E-state index >= 15 is 0 Å². The van der Waals surface area contributed by atoms with Crippen LogP contribution in [0.15, 0.2) is 0 Å². The minimum absolute atomic E-state index is 0.0133. The van der Waals surface area contributed by atoms with Crippen molar-refractivity contribution in [2.75, 3.05) is 26.3 Å². The first-order valence-corrected chi connectivity index (χ1v) is 5.54. The number of ether oxygens (including phenoxy) is 1. The van der Waals surface area contributed by atoms with Crippen LogP contribution in [-0.4, -0.2) is 43.5 Å². The maximum Gasteiger partial charge on any atom is 0.261 e. The van der Waals surface area contributed by atoms with Crippen LogP contribution in [0, 0.1) is 17.2 Å². The van der Waals surface area contributed by atoms with Gasteiger partial charge in [-0.05, 0) is 13.8 Å². The van der Waals surface area contributed by atoms with Crippen molar-refractivity contribution in [3.8, 4) is 6.07 Å². The molecule has 1 atom stereocenters. The molecule has 98 valence electrons. The molecule has 0 aliphatic carbocycles. The van der Waals surface area contributed by atoms with Gasteiger partial charge in [-0.2, -0.15) is 5.26 Å². The monoisotopic (exact) mass is 248 g/mol. The average Bonchev–Trinajstić information content (AvgIpc) is 2.30. The molecule has 0 N–H and O–H groups in total. The molecule has 0 heterocycles. The lowest BCUT2D eigenvalue weighted by Gasteiger charge is -2.21. The summed E-state index contributed by atoms with van der Waals surface area (Å²) in [6.07, 6.45) is -2.44. The zero-order chi connectivity index (χ0) is 13.3. The molecular formula is C11H18F2N2O2. The lowest BCUT2D eigenvalue weighted by molar-refractivity contribution is -0.132. The zero-order valence-corrected chi connectivity index (χ0v) is 10.2. The summed E-state index contributed by atoms with van der Waals surface area (Å²) in [6, 6.07) is 2.04. The molecule has 0 rings (SSSR count). The summed E-state index contributed by atoms with van der Waals surface area (Å²) in [6.45, 7) is 3.74. The van der Waals surface area contributed by atoms with Gasteiger partial charge in [0.15, 0.2) is 0 Å². The van der Waals surface area contributed by atoms with E-state index in [-0.39, 0.29) is 24.9 Å². The standard InChI is InChI=1S/C11H18F2N2O2/c1-3-15(7-9(2)6-14)11(16)4-5-17-8-10(12)13/h9-10H,3-5,7-8H2,1-2H3. The van der Waals surface area contributed by atoms with E-state index in [0.29, 0.717) is 13.1 Å². The van der Waals surface area contributed by atoms with E-state index in [2.05, 4.69) is 4.74 Å². The fraction of sp³-hybridized carbons (Fsp3) is 0.818. The Labute approximate surface area is 100 Å². The molecule has 0 aromatic heterocycles. The molecule has 4 nitrogen and oxygen atoms in total. The Kier molecular flexibility index (Phi) is 8.24. The van der Waals surface area contributed by atoms with E-state index in [9.17, 15) is 13.6 Å². The molecule has 0 bridgehead atoms. The van der Waals surface area contributed by atoms with Crippen LogP contribution in [-0.2, 0) is 9.53 Å². The van der Waals surface area contributed by atoms with Crippen molar-refractivity contribution in [2.24, 2.45) is 5.92 Å². The SMILES string of the molecule is CCN(CC(C)C#N)C(=O)CCOCC(F)F. The highest BCUT2D eigenvalue weighted by molar-refractivity contribution is 5.76. The average molecular weight is 248 g/mol. The fourth-order valence-corrected chi connectivity index (χ4v) is 1.27. The van der Waals surface area contributed by atoms with Crippen LogP contribution in [0.4, 0.5) is 8.78 Å². The van der Waals surface area contributed by atoms with Gasteiger partial charge in [0.25, 0.3) is 6.43 Å². The second-order valence-corrected chi connectivity index (χ2v) is 3.68. The number of carbonyl (C=O) groups is 1. The van der Waals surface area contributed by atoms with Crippen molar-refractivity contribution in [2.45, 2.75) is 26.7 Å². The van der Waals surface area contributed by atoms with Crippen molar-refractivity contribution < 1.29 is 18.3 Å². The molecule has 0 radical (unpaired) electrons. The molecule has 1 amide bonds. The molecular weight excluding hydrogens is 230 g/mol. The predicted octanol–water partition coefficient (Wildman–Crippen LogP) is 1.67. The van der Waals surface area contributed by atoms with E-state index in [4.69, 9.17) is 5.26 Å². The number of amides is 1. The summed E-state index contributed by atoms with van der Waals surface area (Å²) in [5.74, 6) is -0.412. The van der Waals surface area contributed by atoms with E-state index in [1.54, 1.807) is 6.92 Å². The minimum Gasteiger partial charge on any atom is -0.375 e. The summed E-state index contributed by atoms with van der Waals surface area (Å²) in [7, 11) is 0. The highest BCUT2D eigenvalue weighted by Gasteiger charge is 2.14. The molecule has 0 saturated heterocycles. The Hall–Kier alpha value is -1.22. The first-order valence-electron chi connectivity index (χ1n) is 5.54. The first-order chi connectivity index (χ1) is 8.01. The number of hydrogen-bond acceptors (Lipinski definition) is 3. The van der Waals surface area contributed by atoms with Gasteiger partial charge in [-0.1, -0.05) is 0 Å². The Morgan fingerprint density at radius 1 is 1.53 bits per heavy atom. The van der Waals surface area contributed by atoms with E-state index in [1.165, 1.54) is 4.90 Å². The van der Waals surface area contributed by atoms with Gasteiger partial charge in [-0.15, -0.1) is 0 Å². The number of hydrogen-bond donors (Lipinski definition) is 0. The zero-order valence-electron chi connectivity index (χ0n) is 10.2. The van der Waals surface area contributed by atoms with Gasteiger partial charge in [-0.3, -0.25) is 4.79 Å². The third-order valence-corrected chi connectivity index (χ3v) is 2.15. The van der Waals surface area contributed by atoms with Gasteiger partial charge in [0.2, 0.25) is 5.91 Å². The maximum absolute atomic E-state index is 11.7. The maximum atomic E-state index is 11.7. The summed E-state index contributed by atoms with van der Waals surface area (Å²) in [5, 5.41) is 8.64. The number of nitriles is 1. The van der Waals surface area contributed by atoms with Crippen molar-refractivity contribution in [3.05, 3.63) is 0 Å². The Morgan fingerprint density at radius 2 is 2.18 bits per heavy atom. The van der Waals surface area contributed by atoms with Crippen molar-refractivity contribution >= 4 is 5.91 Å². The molecule has 0 fully saturated rings. The molecule has 0 saturated carbocycles. The Balaban J connectivity index is 3.89. The fourth-order valence-electron chi connectivity index (χ4n) is 1.27. The van der Waals surface area contributed by atoms with Gasteiger partial charge < -0.3 is 9.64 Å². The Morgan fingerprint density at radius 3 is 2.65 bits per heavy atom. The molecule has 0 spiro atoms. The lowest BCUT2D eigenvalue weighted by Crippen LogP contribution is -2.34. The van der Waals surface area contributed by atoms with E-state index in [1.807, 2.05) is 13.0 Å². The summed E-state index contributed by atoms with van der Waals surface area (Å²) in [4.78, 5) is 13.1. The van der Waals surface area contributed by atoms with Crippen molar-refractivity contribution in [3.63, 3.8) is 0 Å². The van der Waals surface area contributed by atoms with E-state index < -0.39 is 13.0 Å². The van der Waals surface area contributed by atoms with Gasteiger partial charge in [0, 0.05) is 13.1 Å². The third kappa shape index (κ3) is 7.64. The highest BCUT2D eigenvalue weighted by Crippen LogP contribution is 2.02. The molecule has 1 unspecified atom stereocenters. The summed E-state index contributed by atoms with van der Waals surface area (Å²) in [5.41, 5.74) is 0. The molecule has 0 aliphatic heterocycles. The number of carbonyl (C=O) groups excluding carboxylic acids is 1. The van der Waals surface area contributed by atoms with Gasteiger partial charge >= 0.3 is 0 Å². The van der Waals surface area contributed by atoms with Crippen LogP contribution in [0.1, 0.15) is 20.3 Å². The molecule has 0 aliphatic rings. The highest BCUT2D eigenvalue weighted by atomic mass is 19.3. The first kappa shape index (κ1) is 15.8. The molecule has 0 aromatic rings. The largest absolute Gasteiger partial charge is 0.375 e. The molecule has 17 heavy (non-hydrogen) atoms. The van der Waals surface area contributed by atoms with Crippen LogP contribution in [0.2, 0.25) is 0 Å². The van der Waals surface area contributed by atoms with E-state index in [0.717, 1.165) is 0 Å². The van der Waals surface area contributed by atoms with Crippen LogP contribution >= 0.6 is 0 Å². The second kappa shape index (κ2) is 8.88. The number of rotatable bonds is 8. The number of halogens is 2. The summed E-state index contributed by atoms with van der Waals surface area (Å²) >= 11 is 0. The minimum atomic E-state index is -2.51. The smallest absolute Gasteiger partial charge is 0.261 e. The molecule has 0 aromatic carbocycles. The lowest BCUT2D eigenvalue weighted by atomic mass is 10.2. The second-order valence-electron chi connectivity index (χ2n) is 3.68. The van der Waals surface area contributed by atoms with Gasteiger partial charge in [-0.25, -0.2) is 8.78 Å². The topological polar surface area (TPSA) is 53.3 Å². The third-order valence-electron chi connectivity index (χ3n) is 2.15. The van der Waals surface area contributed by atoms with Gasteiger partial charge in [0.1, 0.15) is 6.61 Å². The van der Waals surface area contributed by atoms with Crippen molar-refractivity contribution in [1.82, 2.24) is 4.90 Å². The predicted molar refractivity (Wildman–Crippen MR) is 58.5 cm³/mol. The number of nitrogens with zero attached hydrogens (tertiary/aromatic N) is 2. The van der Waals surface area contributed by atoms with Crippen LogP contribution < -0.4 is 0 Å². The normalized spacial score (nSPS) is 12.2.